The topological polar surface area (TPSA) is 230 Å². The van der Waals surface area contributed by atoms with Crippen LogP contribution in [0.15, 0.2) is 60.8 Å². The number of carboxylic acids is 1. The second-order valence-corrected chi connectivity index (χ2v) is 9.72. The highest BCUT2D eigenvalue weighted by molar-refractivity contribution is 5.95. The number of benzene rings is 2. The second-order valence-electron chi connectivity index (χ2n) is 9.72. The van der Waals surface area contributed by atoms with Crippen LogP contribution in [0.2, 0.25) is 0 Å². The first-order valence-corrected chi connectivity index (χ1v) is 12.9. The van der Waals surface area contributed by atoms with Gasteiger partial charge in [-0.05, 0) is 30.5 Å². The number of rotatable bonds is 14. The van der Waals surface area contributed by atoms with Gasteiger partial charge >= 0.3 is 5.97 Å². The van der Waals surface area contributed by atoms with E-state index in [9.17, 15) is 34.2 Å². The summed E-state index contributed by atoms with van der Waals surface area (Å²) >= 11 is 0. The molecule has 13 heteroatoms. The molecular formula is C28H34N6O7. The zero-order valence-corrected chi connectivity index (χ0v) is 22.4. The summed E-state index contributed by atoms with van der Waals surface area (Å²) in [5.41, 5.74) is 13.5. The lowest BCUT2D eigenvalue weighted by atomic mass is 10.0. The Labute approximate surface area is 235 Å². The van der Waals surface area contributed by atoms with Crippen LogP contribution in [0.3, 0.4) is 0 Å². The molecule has 0 aliphatic heterocycles. The molecule has 0 aliphatic rings. The lowest BCUT2D eigenvalue weighted by Gasteiger charge is -2.26. The number of nitrogens with two attached hydrogens (primary N) is 2. The van der Waals surface area contributed by atoms with E-state index in [4.69, 9.17) is 11.5 Å². The molecule has 0 bridgehead atoms. The number of hydrogen-bond acceptors (Lipinski definition) is 7. The van der Waals surface area contributed by atoms with Gasteiger partial charge in [-0.25, -0.2) is 4.79 Å². The monoisotopic (exact) mass is 566 g/mol. The van der Waals surface area contributed by atoms with Crippen molar-refractivity contribution in [2.24, 2.45) is 11.5 Å². The van der Waals surface area contributed by atoms with E-state index in [1.165, 1.54) is 6.92 Å². The average Bonchev–Trinajstić information content (AvgIpc) is 3.33. The lowest BCUT2D eigenvalue weighted by Crippen LogP contribution is -2.60. The Kier molecular flexibility index (Phi) is 10.6. The third kappa shape index (κ3) is 8.62. The van der Waals surface area contributed by atoms with Crippen LogP contribution < -0.4 is 27.4 Å². The summed E-state index contributed by atoms with van der Waals surface area (Å²) in [5.74, 6) is -4.93. The fourth-order valence-corrected chi connectivity index (χ4v) is 4.29. The van der Waals surface area contributed by atoms with Gasteiger partial charge in [0.05, 0.1) is 18.6 Å². The van der Waals surface area contributed by atoms with E-state index in [1.807, 2.05) is 24.3 Å². The maximum Gasteiger partial charge on any atom is 0.326 e. The maximum atomic E-state index is 13.2. The zero-order valence-electron chi connectivity index (χ0n) is 22.4. The van der Waals surface area contributed by atoms with E-state index in [1.54, 1.807) is 36.5 Å². The maximum absolute atomic E-state index is 13.2. The Balaban J connectivity index is 1.74. The van der Waals surface area contributed by atoms with E-state index < -0.39 is 66.3 Å². The second kappa shape index (κ2) is 14.1. The number of aliphatic carboxylic acids is 1. The number of aliphatic hydroxyl groups is 1. The minimum absolute atomic E-state index is 0.0537. The number of nitrogens with one attached hydrogen (secondary N) is 4. The molecule has 5 unspecified atom stereocenters. The number of aromatic amines is 1. The van der Waals surface area contributed by atoms with Crippen LogP contribution in [0.4, 0.5) is 0 Å². The molecule has 3 aromatic rings. The van der Waals surface area contributed by atoms with Crippen LogP contribution in [0.5, 0.6) is 0 Å². The standard InChI is InChI=1S/C28H34N6O7/c1-15(35)24(34-25(37)19(29)12-17-14-31-20-10-6-5-9-18(17)20)27(39)32-21(11-16-7-3-2-4-8-16)26(38)33-22(28(40)41)13-23(30)36/h2-10,14-15,19,21-22,24,31,35H,11-13,29H2,1H3,(H2,30,36)(H,32,39)(H,33,38)(H,34,37)(H,40,41). The molecule has 0 saturated carbocycles. The first-order valence-electron chi connectivity index (χ1n) is 12.9. The van der Waals surface area contributed by atoms with Gasteiger partial charge in [0.15, 0.2) is 0 Å². The van der Waals surface area contributed by atoms with Crippen molar-refractivity contribution < 1.29 is 34.2 Å². The number of para-hydroxylation sites is 1. The molecular weight excluding hydrogens is 532 g/mol. The van der Waals surface area contributed by atoms with Crippen molar-refractivity contribution >= 4 is 40.5 Å². The molecule has 0 radical (unpaired) electrons. The normalized spacial score (nSPS) is 14.7. The first-order chi connectivity index (χ1) is 19.5. The first kappa shape index (κ1) is 30.8. The van der Waals surface area contributed by atoms with Crippen molar-refractivity contribution in [2.75, 3.05) is 0 Å². The van der Waals surface area contributed by atoms with Crippen molar-refractivity contribution in [3.8, 4) is 0 Å². The van der Waals surface area contributed by atoms with Gasteiger partial charge in [0.1, 0.15) is 18.1 Å². The van der Waals surface area contributed by atoms with Gasteiger partial charge in [-0.1, -0.05) is 48.5 Å². The van der Waals surface area contributed by atoms with Crippen LogP contribution in [0.1, 0.15) is 24.5 Å². The van der Waals surface area contributed by atoms with Crippen molar-refractivity contribution in [1.29, 1.82) is 0 Å². The Morgan fingerprint density at radius 2 is 1.49 bits per heavy atom. The molecule has 4 amide bonds. The van der Waals surface area contributed by atoms with Crippen molar-refractivity contribution in [3.05, 3.63) is 71.9 Å². The molecule has 2 aromatic carbocycles. The van der Waals surface area contributed by atoms with Crippen LogP contribution in [-0.4, -0.2) is 75.1 Å². The minimum atomic E-state index is -1.62. The van der Waals surface area contributed by atoms with Crippen LogP contribution >= 0.6 is 0 Å². The SMILES string of the molecule is CC(O)C(NC(=O)C(N)Cc1c[nH]c2ccccc12)C(=O)NC(Cc1ccccc1)C(=O)NC(CC(N)=O)C(=O)O. The van der Waals surface area contributed by atoms with E-state index >= 15 is 0 Å². The van der Waals surface area contributed by atoms with E-state index in [0.29, 0.717) is 5.56 Å². The summed E-state index contributed by atoms with van der Waals surface area (Å²) in [6.45, 7) is 1.29. The molecule has 1 heterocycles. The van der Waals surface area contributed by atoms with Crippen LogP contribution in [0.25, 0.3) is 10.9 Å². The summed E-state index contributed by atoms with van der Waals surface area (Å²) in [6, 6.07) is 10.6. The third-order valence-electron chi connectivity index (χ3n) is 6.45. The quantitative estimate of drug-likeness (QED) is 0.121. The summed E-state index contributed by atoms with van der Waals surface area (Å²) in [4.78, 5) is 65.2. The van der Waals surface area contributed by atoms with Crippen LogP contribution in [0, 0.1) is 0 Å². The number of fused-ring (bicyclic) bond motifs is 1. The summed E-state index contributed by atoms with van der Waals surface area (Å²) in [5, 5.41) is 27.7. The molecule has 218 valence electrons. The smallest absolute Gasteiger partial charge is 0.326 e. The van der Waals surface area contributed by atoms with Gasteiger partial charge < -0.3 is 42.6 Å². The van der Waals surface area contributed by atoms with E-state index in [2.05, 4.69) is 20.9 Å². The Bertz CT molecular complexity index is 1390. The summed E-state index contributed by atoms with van der Waals surface area (Å²) in [6.07, 6.45) is -0.192. The molecule has 10 N–H and O–H groups in total. The highest BCUT2D eigenvalue weighted by Gasteiger charge is 2.33. The van der Waals surface area contributed by atoms with Crippen molar-refractivity contribution in [3.63, 3.8) is 0 Å². The Hall–Kier alpha value is -4.75. The molecule has 5 atom stereocenters. The highest BCUT2D eigenvalue weighted by atomic mass is 16.4. The third-order valence-corrected chi connectivity index (χ3v) is 6.45. The van der Waals surface area contributed by atoms with Gasteiger partial charge in [-0.15, -0.1) is 0 Å². The largest absolute Gasteiger partial charge is 0.480 e. The minimum Gasteiger partial charge on any atom is -0.480 e. The number of hydrogen-bond donors (Lipinski definition) is 8. The number of amides is 4. The molecule has 0 fully saturated rings. The number of aliphatic hydroxyl groups excluding tert-OH is 1. The summed E-state index contributed by atoms with van der Waals surface area (Å²) < 4.78 is 0. The number of carboxylic acid groups (broad SMARTS) is 1. The van der Waals surface area contributed by atoms with Crippen molar-refractivity contribution in [1.82, 2.24) is 20.9 Å². The van der Waals surface area contributed by atoms with Crippen LogP contribution in [-0.2, 0) is 36.8 Å². The number of carbonyl (C=O) groups excluding carboxylic acids is 4. The van der Waals surface area contributed by atoms with E-state index in [0.717, 1.165) is 16.5 Å². The van der Waals surface area contributed by atoms with Crippen molar-refractivity contribution in [2.45, 2.75) is 56.5 Å². The molecule has 41 heavy (non-hydrogen) atoms. The fraction of sp³-hybridized carbons (Fsp3) is 0.321. The fourth-order valence-electron chi connectivity index (χ4n) is 4.29. The Morgan fingerprint density at radius 3 is 2.12 bits per heavy atom. The molecule has 3 rings (SSSR count). The number of aromatic nitrogens is 1. The van der Waals surface area contributed by atoms with Gasteiger partial charge in [-0.3, -0.25) is 19.2 Å². The lowest BCUT2D eigenvalue weighted by molar-refractivity contribution is -0.143. The number of H-pyrrole nitrogens is 1. The predicted octanol–water partition coefficient (Wildman–Crippen LogP) is -0.924. The highest BCUT2D eigenvalue weighted by Crippen LogP contribution is 2.19. The van der Waals surface area contributed by atoms with Gasteiger partial charge in [0, 0.05) is 23.5 Å². The number of primary amides is 1. The molecule has 1 aromatic heterocycles. The molecule has 0 aliphatic carbocycles. The molecule has 13 nitrogen and oxygen atoms in total. The van der Waals surface area contributed by atoms with Gasteiger partial charge in [-0.2, -0.15) is 0 Å². The predicted molar refractivity (Wildman–Crippen MR) is 149 cm³/mol. The zero-order chi connectivity index (χ0) is 30.1. The molecule has 0 spiro atoms. The Morgan fingerprint density at radius 1 is 0.854 bits per heavy atom. The molecule has 0 saturated heterocycles. The summed E-state index contributed by atoms with van der Waals surface area (Å²) in [7, 11) is 0. The average molecular weight is 567 g/mol. The van der Waals surface area contributed by atoms with Gasteiger partial charge in [0.25, 0.3) is 0 Å². The van der Waals surface area contributed by atoms with E-state index in [-0.39, 0.29) is 12.8 Å². The number of carbonyl (C=O) groups is 5. The van der Waals surface area contributed by atoms with Gasteiger partial charge in [0.2, 0.25) is 23.6 Å².